The molecule has 0 radical (unpaired) electrons. The first-order valence-electron chi connectivity index (χ1n) is 6.13. The van der Waals surface area contributed by atoms with E-state index in [9.17, 15) is 13.9 Å². The van der Waals surface area contributed by atoms with Gasteiger partial charge in [0.1, 0.15) is 12.3 Å². The quantitative estimate of drug-likeness (QED) is 0.717. The molecule has 0 aromatic carbocycles. The third kappa shape index (κ3) is 2.68. The summed E-state index contributed by atoms with van der Waals surface area (Å²) in [6.45, 7) is 0. The molecular weight excluding hydrogens is 198 g/mol. The van der Waals surface area contributed by atoms with Gasteiger partial charge >= 0.3 is 0 Å². The van der Waals surface area contributed by atoms with Crippen LogP contribution in [0.15, 0.2) is 0 Å². The maximum absolute atomic E-state index is 13.7. The van der Waals surface area contributed by atoms with Crippen molar-refractivity contribution in [3.05, 3.63) is 0 Å². The first kappa shape index (κ1) is 11.3. The number of aliphatic hydroxyl groups is 1. The van der Waals surface area contributed by atoms with Crippen molar-refractivity contribution in [2.45, 2.75) is 63.4 Å². The first-order valence-corrected chi connectivity index (χ1v) is 6.13. The standard InChI is InChI=1S/C12H20F2O/c13-9-3-1-8(2-4-9)11-6-5-10(15)7-12(11)14/h8-12,15H,1-7H2. The van der Waals surface area contributed by atoms with Crippen LogP contribution >= 0.6 is 0 Å². The monoisotopic (exact) mass is 218 g/mol. The topological polar surface area (TPSA) is 20.2 Å². The van der Waals surface area contributed by atoms with E-state index in [4.69, 9.17) is 0 Å². The molecule has 15 heavy (non-hydrogen) atoms. The van der Waals surface area contributed by atoms with E-state index in [0.29, 0.717) is 25.2 Å². The van der Waals surface area contributed by atoms with Crippen molar-refractivity contribution >= 4 is 0 Å². The predicted octanol–water partition coefficient (Wildman–Crippen LogP) is 3.01. The van der Waals surface area contributed by atoms with Crippen LogP contribution in [-0.4, -0.2) is 23.6 Å². The van der Waals surface area contributed by atoms with E-state index in [1.807, 2.05) is 0 Å². The maximum Gasteiger partial charge on any atom is 0.106 e. The minimum Gasteiger partial charge on any atom is -0.393 e. The molecule has 0 aromatic rings. The van der Waals surface area contributed by atoms with Crippen molar-refractivity contribution < 1.29 is 13.9 Å². The summed E-state index contributed by atoms with van der Waals surface area (Å²) in [5.74, 6) is 0.445. The van der Waals surface area contributed by atoms with Gasteiger partial charge in [-0.15, -0.1) is 0 Å². The Morgan fingerprint density at radius 1 is 0.867 bits per heavy atom. The Bertz CT molecular complexity index is 202. The van der Waals surface area contributed by atoms with Gasteiger partial charge in [-0.1, -0.05) is 0 Å². The molecule has 1 N–H and O–H groups in total. The van der Waals surface area contributed by atoms with Gasteiger partial charge < -0.3 is 5.11 Å². The van der Waals surface area contributed by atoms with E-state index in [1.54, 1.807) is 0 Å². The highest BCUT2D eigenvalue weighted by atomic mass is 19.1. The van der Waals surface area contributed by atoms with Crippen LogP contribution in [0, 0.1) is 11.8 Å². The van der Waals surface area contributed by atoms with E-state index < -0.39 is 18.4 Å². The van der Waals surface area contributed by atoms with Crippen LogP contribution in [0.1, 0.15) is 44.9 Å². The fourth-order valence-electron chi connectivity index (χ4n) is 3.16. The molecule has 0 amide bonds. The van der Waals surface area contributed by atoms with E-state index in [-0.39, 0.29) is 5.92 Å². The fraction of sp³-hybridized carbons (Fsp3) is 1.00. The van der Waals surface area contributed by atoms with Gasteiger partial charge in [0.15, 0.2) is 0 Å². The molecule has 3 unspecified atom stereocenters. The third-order valence-corrected chi connectivity index (χ3v) is 4.10. The van der Waals surface area contributed by atoms with Crippen LogP contribution < -0.4 is 0 Å². The average Bonchev–Trinajstić information content (AvgIpc) is 2.20. The minimum atomic E-state index is -0.866. The van der Waals surface area contributed by atoms with Crippen LogP contribution in [0.4, 0.5) is 8.78 Å². The number of halogens is 2. The van der Waals surface area contributed by atoms with Gasteiger partial charge in [-0.3, -0.25) is 0 Å². The van der Waals surface area contributed by atoms with Crippen molar-refractivity contribution in [1.29, 1.82) is 0 Å². The highest BCUT2D eigenvalue weighted by Crippen LogP contribution is 2.40. The van der Waals surface area contributed by atoms with Gasteiger partial charge in [-0.05, 0) is 50.4 Å². The summed E-state index contributed by atoms with van der Waals surface area (Å²) in [4.78, 5) is 0. The Balaban J connectivity index is 1.87. The predicted molar refractivity (Wildman–Crippen MR) is 55.1 cm³/mol. The first-order chi connectivity index (χ1) is 7.16. The summed E-state index contributed by atoms with van der Waals surface area (Å²) in [6.07, 6.45) is 2.71. The Morgan fingerprint density at radius 2 is 1.53 bits per heavy atom. The van der Waals surface area contributed by atoms with E-state index in [1.165, 1.54) is 0 Å². The molecule has 1 nitrogen and oxygen atoms in total. The van der Waals surface area contributed by atoms with Gasteiger partial charge in [0.25, 0.3) is 0 Å². The highest BCUT2D eigenvalue weighted by molar-refractivity contribution is 4.86. The van der Waals surface area contributed by atoms with Gasteiger partial charge in [0, 0.05) is 6.42 Å². The molecule has 2 rings (SSSR count). The molecule has 2 saturated carbocycles. The lowest BCUT2D eigenvalue weighted by atomic mass is 9.71. The summed E-state index contributed by atoms with van der Waals surface area (Å²) in [7, 11) is 0. The van der Waals surface area contributed by atoms with E-state index in [0.717, 1.165) is 25.7 Å². The van der Waals surface area contributed by atoms with Gasteiger partial charge in [-0.25, -0.2) is 8.78 Å². The van der Waals surface area contributed by atoms with Crippen molar-refractivity contribution in [1.82, 2.24) is 0 Å². The maximum atomic E-state index is 13.7. The summed E-state index contributed by atoms with van der Waals surface area (Å²) < 4.78 is 26.7. The van der Waals surface area contributed by atoms with Crippen molar-refractivity contribution in [2.24, 2.45) is 11.8 Å². The zero-order valence-corrected chi connectivity index (χ0v) is 9.04. The zero-order valence-electron chi connectivity index (χ0n) is 9.04. The van der Waals surface area contributed by atoms with Crippen molar-refractivity contribution in [2.75, 3.05) is 0 Å². The Kier molecular flexibility index (Phi) is 3.60. The zero-order chi connectivity index (χ0) is 10.8. The van der Waals surface area contributed by atoms with E-state index >= 15 is 0 Å². The number of rotatable bonds is 1. The SMILES string of the molecule is OC1CCC(C2CCC(F)CC2)C(F)C1. The van der Waals surface area contributed by atoms with Gasteiger partial charge in [0.2, 0.25) is 0 Å². The number of hydrogen-bond donors (Lipinski definition) is 1. The number of hydrogen-bond acceptors (Lipinski definition) is 1. The molecule has 0 bridgehead atoms. The van der Waals surface area contributed by atoms with Crippen molar-refractivity contribution in [3.8, 4) is 0 Å². The largest absolute Gasteiger partial charge is 0.393 e. The Hall–Kier alpha value is -0.180. The Labute approximate surface area is 89.9 Å². The van der Waals surface area contributed by atoms with Crippen LogP contribution in [0.25, 0.3) is 0 Å². The molecule has 2 aliphatic carbocycles. The van der Waals surface area contributed by atoms with Crippen molar-refractivity contribution in [3.63, 3.8) is 0 Å². The van der Waals surface area contributed by atoms with Crippen LogP contribution in [0.2, 0.25) is 0 Å². The molecule has 0 aromatic heterocycles. The van der Waals surface area contributed by atoms with Gasteiger partial charge in [-0.2, -0.15) is 0 Å². The Morgan fingerprint density at radius 3 is 2.13 bits per heavy atom. The second kappa shape index (κ2) is 4.77. The molecule has 0 saturated heterocycles. The van der Waals surface area contributed by atoms with E-state index in [2.05, 4.69) is 0 Å². The summed E-state index contributed by atoms with van der Waals surface area (Å²) in [5.41, 5.74) is 0. The molecule has 0 aliphatic heterocycles. The summed E-state index contributed by atoms with van der Waals surface area (Å²) >= 11 is 0. The van der Waals surface area contributed by atoms with Gasteiger partial charge in [0.05, 0.1) is 6.10 Å². The number of aliphatic hydroxyl groups excluding tert-OH is 1. The lowest BCUT2D eigenvalue weighted by molar-refractivity contribution is 0.0123. The van der Waals surface area contributed by atoms with Crippen LogP contribution in [-0.2, 0) is 0 Å². The molecule has 2 fully saturated rings. The molecule has 2 aliphatic rings. The lowest BCUT2D eigenvalue weighted by Gasteiger charge is -2.37. The molecule has 0 heterocycles. The molecule has 3 heteroatoms. The second-order valence-corrected chi connectivity index (χ2v) is 5.16. The molecular formula is C12H20F2O. The van der Waals surface area contributed by atoms with Crippen LogP contribution in [0.5, 0.6) is 0 Å². The minimum absolute atomic E-state index is 0.0842. The molecule has 3 atom stereocenters. The lowest BCUT2D eigenvalue weighted by Crippen LogP contribution is -2.35. The normalized spacial score (nSPS) is 47.8. The summed E-state index contributed by atoms with van der Waals surface area (Å²) in [5, 5.41) is 9.34. The average molecular weight is 218 g/mol. The highest BCUT2D eigenvalue weighted by Gasteiger charge is 2.36. The fourth-order valence-corrected chi connectivity index (χ4v) is 3.16. The molecule has 88 valence electrons. The third-order valence-electron chi connectivity index (χ3n) is 4.10. The summed E-state index contributed by atoms with van der Waals surface area (Å²) in [6, 6.07) is 0. The smallest absolute Gasteiger partial charge is 0.106 e. The second-order valence-electron chi connectivity index (χ2n) is 5.16. The number of alkyl halides is 2. The van der Waals surface area contributed by atoms with Crippen LogP contribution in [0.3, 0.4) is 0 Å². The molecule has 0 spiro atoms.